The molecule has 3 aromatic carbocycles. The van der Waals surface area contributed by atoms with E-state index in [-0.39, 0.29) is 5.04 Å². The van der Waals surface area contributed by atoms with Gasteiger partial charge in [-0.15, -0.1) is 0 Å². The summed E-state index contributed by atoms with van der Waals surface area (Å²) in [7, 11) is 2.75. The molecule has 3 aromatic rings. The molecule has 0 aliphatic carbocycles. The highest BCUT2D eigenvalue weighted by atomic mass is 32.2. The Morgan fingerprint density at radius 3 is 1.91 bits per heavy atom. The van der Waals surface area contributed by atoms with Gasteiger partial charge in [-0.25, -0.2) is 8.93 Å². The normalized spacial score (nSPS) is 13.1. The van der Waals surface area contributed by atoms with Gasteiger partial charge >= 0.3 is 0 Å². The fourth-order valence-corrected chi connectivity index (χ4v) is 6.63. The van der Waals surface area contributed by atoms with Crippen molar-refractivity contribution in [1.29, 1.82) is 5.26 Å². The molecule has 0 aliphatic heterocycles. The second kappa shape index (κ2) is 15.1. The molecule has 238 valence electrons. The Labute approximate surface area is 266 Å². The lowest BCUT2D eigenvalue weighted by Gasteiger charge is -2.36. The van der Waals surface area contributed by atoms with Gasteiger partial charge in [0.1, 0.15) is 11.0 Å². The largest absolute Gasteiger partial charge is 0.493 e. The fourth-order valence-electron chi connectivity index (χ4n) is 4.60. The Balaban J connectivity index is 2.15. The van der Waals surface area contributed by atoms with Crippen LogP contribution in [0.15, 0.2) is 53.4 Å². The third kappa shape index (κ3) is 8.42. The zero-order chi connectivity index (χ0) is 32.7. The van der Waals surface area contributed by atoms with E-state index in [0.29, 0.717) is 52.9 Å². The molecule has 0 heterocycles. The zero-order valence-electron chi connectivity index (χ0n) is 27.6. The van der Waals surface area contributed by atoms with Crippen molar-refractivity contribution in [2.45, 2.75) is 69.6 Å². The van der Waals surface area contributed by atoms with Crippen LogP contribution in [0.1, 0.15) is 54.6 Å². The lowest BCUT2D eigenvalue weighted by molar-refractivity contribution is 0.291. The summed E-state index contributed by atoms with van der Waals surface area (Å²) in [4.78, 5) is 0.650. The minimum atomic E-state index is -1.99. The van der Waals surface area contributed by atoms with Crippen molar-refractivity contribution in [3.8, 4) is 29.1 Å². The monoisotopic (exact) mass is 638 g/mol. The number of nitriles is 1. The van der Waals surface area contributed by atoms with E-state index < -0.39 is 25.3 Å². The number of benzene rings is 3. The van der Waals surface area contributed by atoms with E-state index in [1.54, 1.807) is 27.4 Å². The molecule has 1 N–H and O–H groups in total. The Morgan fingerprint density at radius 1 is 0.864 bits per heavy atom. The molecule has 0 saturated carbocycles. The first-order valence-corrected chi connectivity index (χ1v) is 18.6. The van der Waals surface area contributed by atoms with Crippen molar-refractivity contribution in [2.75, 3.05) is 35.0 Å². The van der Waals surface area contributed by atoms with Crippen LogP contribution >= 0.6 is 0 Å². The van der Waals surface area contributed by atoms with Gasteiger partial charge in [-0.05, 0) is 84.9 Å². The second-order valence-corrected chi connectivity index (χ2v) is 18.3. The molecule has 0 spiro atoms. The number of rotatable bonds is 14. The van der Waals surface area contributed by atoms with Gasteiger partial charge in [0, 0.05) is 18.7 Å². The van der Waals surface area contributed by atoms with Crippen LogP contribution in [0.3, 0.4) is 0 Å². The third-order valence-corrected chi connectivity index (χ3v) is 14.0. The van der Waals surface area contributed by atoms with Crippen LogP contribution in [-0.2, 0) is 28.3 Å². The van der Waals surface area contributed by atoms with Gasteiger partial charge in [0.15, 0.2) is 31.3 Å². The number of aryl methyl sites for hydroxylation is 1. The highest BCUT2D eigenvalue weighted by Gasteiger charge is 2.37. The van der Waals surface area contributed by atoms with Crippen LogP contribution in [0.25, 0.3) is 0 Å². The van der Waals surface area contributed by atoms with Gasteiger partial charge in [-0.2, -0.15) is 5.26 Å². The van der Waals surface area contributed by atoms with Crippen molar-refractivity contribution in [1.82, 2.24) is 4.72 Å². The Kier molecular flexibility index (Phi) is 12.0. The summed E-state index contributed by atoms with van der Waals surface area (Å²) in [5.74, 6) is 2.13. The molecule has 0 saturated heterocycles. The van der Waals surface area contributed by atoms with Crippen molar-refractivity contribution in [2.24, 2.45) is 0 Å². The molecule has 0 amide bonds. The van der Waals surface area contributed by atoms with Crippen LogP contribution in [0.4, 0.5) is 0 Å². The van der Waals surface area contributed by atoms with E-state index in [2.05, 4.69) is 44.7 Å². The van der Waals surface area contributed by atoms with Crippen LogP contribution in [0, 0.1) is 18.3 Å². The summed E-state index contributed by atoms with van der Waals surface area (Å²) in [6, 6.07) is 16.8. The molecule has 10 heteroatoms. The highest BCUT2D eigenvalue weighted by molar-refractivity contribution is 7.83. The molecular weight excluding hydrogens is 593 g/mol. The molecule has 0 aliphatic rings. The minimum absolute atomic E-state index is 0.0730. The average molecular weight is 639 g/mol. The smallest absolute Gasteiger partial charge is 0.191 e. The van der Waals surface area contributed by atoms with Gasteiger partial charge in [0.25, 0.3) is 0 Å². The summed E-state index contributed by atoms with van der Waals surface area (Å²) in [6.45, 7) is 13.6. The zero-order valence-corrected chi connectivity index (χ0v) is 29.4. The van der Waals surface area contributed by atoms with E-state index in [1.165, 1.54) is 7.11 Å². The van der Waals surface area contributed by atoms with Gasteiger partial charge in [-0.3, -0.25) is 0 Å². The summed E-state index contributed by atoms with van der Waals surface area (Å²) in [5, 5.41) is 10.1. The van der Waals surface area contributed by atoms with E-state index >= 15 is 0 Å². The topological polar surface area (TPSA) is 99.0 Å². The van der Waals surface area contributed by atoms with E-state index in [9.17, 15) is 9.47 Å². The predicted molar refractivity (Wildman–Crippen MR) is 178 cm³/mol. The Hall–Kier alpha value is -3.36. The maximum Gasteiger partial charge on any atom is 0.191 e. The molecule has 3 rings (SSSR count). The highest BCUT2D eigenvalue weighted by Crippen LogP contribution is 2.39. The second-order valence-electron chi connectivity index (χ2n) is 12.2. The molecular formula is C34H46N2O6SSi. The number of hydrogen-bond acceptors (Lipinski definition) is 7. The van der Waals surface area contributed by atoms with Crippen molar-refractivity contribution >= 4 is 19.3 Å². The summed E-state index contributed by atoms with van der Waals surface area (Å²) in [6.07, 6.45) is 0.945. The van der Waals surface area contributed by atoms with Crippen molar-refractivity contribution in [3.63, 3.8) is 0 Å². The van der Waals surface area contributed by atoms with Crippen LogP contribution < -0.4 is 23.7 Å². The van der Waals surface area contributed by atoms with E-state index in [0.717, 1.165) is 22.3 Å². The lowest BCUT2D eigenvalue weighted by atomic mass is 9.91. The van der Waals surface area contributed by atoms with Crippen LogP contribution in [0.2, 0.25) is 18.1 Å². The average Bonchev–Trinajstić information content (AvgIpc) is 2.99. The maximum absolute atomic E-state index is 13.8. The quantitative estimate of drug-likeness (QED) is 0.189. The minimum Gasteiger partial charge on any atom is -0.493 e. The maximum atomic E-state index is 13.8. The lowest BCUT2D eigenvalue weighted by Crippen LogP contribution is -2.41. The fraction of sp³-hybridized carbons (Fsp3) is 0.441. The number of nitrogens with zero attached hydrogens (tertiary/aromatic N) is 1. The first kappa shape index (κ1) is 35.1. The predicted octanol–water partition coefficient (Wildman–Crippen LogP) is 7.06. The SMILES string of the molecule is COc1cc(C#N)c(C[C@H](NS(=O)c2ccc(C)cc2)c2cc(OC)c(OC)cc2CCO[Si](C)(C)C(C)(C)C)cc1OC. The molecule has 0 bridgehead atoms. The standard InChI is InChI=1S/C34H46N2O6SSi/c1-23-11-13-27(14-12-23)43(37)36-29(17-25-19-31(39-6)32(40-7)20-26(25)22-35)28-21-33(41-8)30(38-5)18-24(28)15-16-42-44(9,10)34(2,3)4/h11-14,18-21,29,36H,15-17H2,1-10H3/t29-,43?/m0/s1. The molecule has 0 fully saturated rings. The summed E-state index contributed by atoms with van der Waals surface area (Å²) in [5.41, 5.74) is 4.09. The number of ether oxygens (including phenoxy) is 4. The van der Waals surface area contributed by atoms with Gasteiger partial charge < -0.3 is 23.4 Å². The third-order valence-electron chi connectivity index (χ3n) is 8.30. The van der Waals surface area contributed by atoms with Gasteiger partial charge in [0.05, 0.1) is 45.0 Å². The van der Waals surface area contributed by atoms with Crippen LogP contribution in [-0.4, -0.2) is 47.6 Å². The first-order chi connectivity index (χ1) is 20.8. The molecule has 2 atom stereocenters. The van der Waals surface area contributed by atoms with E-state index in [1.807, 2.05) is 49.4 Å². The van der Waals surface area contributed by atoms with Gasteiger partial charge in [0.2, 0.25) is 0 Å². The number of nitrogens with one attached hydrogen (secondary N) is 1. The van der Waals surface area contributed by atoms with Gasteiger partial charge in [-0.1, -0.05) is 38.5 Å². The number of methoxy groups -OCH3 is 4. The number of hydrogen-bond donors (Lipinski definition) is 1. The molecule has 0 radical (unpaired) electrons. The van der Waals surface area contributed by atoms with Crippen LogP contribution in [0.5, 0.6) is 23.0 Å². The Morgan fingerprint density at radius 2 is 1.39 bits per heavy atom. The molecule has 8 nitrogen and oxygen atoms in total. The van der Waals surface area contributed by atoms with Crippen molar-refractivity contribution in [3.05, 3.63) is 76.3 Å². The summed E-state index contributed by atoms with van der Waals surface area (Å²) < 4.78 is 46.1. The molecule has 1 unspecified atom stereocenters. The molecule has 0 aromatic heterocycles. The molecule has 44 heavy (non-hydrogen) atoms. The Bertz CT molecular complexity index is 1500. The van der Waals surface area contributed by atoms with Crippen molar-refractivity contribution < 1.29 is 27.6 Å². The summed E-state index contributed by atoms with van der Waals surface area (Å²) >= 11 is 0. The van der Waals surface area contributed by atoms with E-state index in [4.69, 9.17) is 23.4 Å². The first-order valence-electron chi connectivity index (χ1n) is 14.6.